The number of carboxylic acids is 1. The summed E-state index contributed by atoms with van der Waals surface area (Å²) in [5.74, 6) is -1.01. The normalized spacial score (nSPS) is 24.2. The lowest BCUT2D eigenvalue weighted by atomic mass is 9.98. The van der Waals surface area contributed by atoms with Gasteiger partial charge in [-0.15, -0.1) is 0 Å². The summed E-state index contributed by atoms with van der Waals surface area (Å²) in [5.41, 5.74) is -0.732. The lowest BCUT2D eigenvalue weighted by Crippen LogP contribution is -2.49. The van der Waals surface area contributed by atoms with Gasteiger partial charge in [-0.2, -0.15) is 0 Å². The Morgan fingerprint density at radius 1 is 1.32 bits per heavy atom. The molecule has 2 N–H and O–H groups in total. The quantitative estimate of drug-likeness (QED) is 0.807. The van der Waals surface area contributed by atoms with Crippen LogP contribution in [-0.4, -0.2) is 63.3 Å². The Morgan fingerprint density at radius 2 is 1.95 bits per heavy atom. The number of hydrogen-bond donors (Lipinski definition) is 2. The molecule has 2 amide bonds. The first-order chi connectivity index (χ1) is 8.73. The molecular formula is C13H24N2O4. The van der Waals surface area contributed by atoms with Crippen LogP contribution in [0.3, 0.4) is 0 Å². The van der Waals surface area contributed by atoms with Gasteiger partial charge in [0.1, 0.15) is 6.54 Å². The van der Waals surface area contributed by atoms with Crippen molar-refractivity contribution in [2.45, 2.75) is 51.7 Å². The highest BCUT2D eigenvalue weighted by Gasteiger charge is 2.30. The molecule has 0 aromatic rings. The Hall–Kier alpha value is -1.30. The Balaban J connectivity index is 2.71. The predicted octanol–water partition coefficient (Wildman–Crippen LogP) is 1.14. The van der Waals surface area contributed by atoms with E-state index in [2.05, 4.69) is 0 Å². The average Bonchev–Trinajstić information content (AvgIpc) is 2.45. The molecule has 1 rings (SSSR count). The average molecular weight is 272 g/mol. The SMILES string of the molecule is CC(C)N(CC(=O)O)C(=O)N1CCCC(C)(O)CC1. The largest absolute Gasteiger partial charge is 0.480 e. The summed E-state index contributed by atoms with van der Waals surface area (Å²) in [4.78, 5) is 26.2. The van der Waals surface area contributed by atoms with Gasteiger partial charge < -0.3 is 20.0 Å². The molecule has 1 saturated heterocycles. The topological polar surface area (TPSA) is 81.1 Å². The molecule has 110 valence electrons. The third-order valence-electron chi connectivity index (χ3n) is 3.51. The summed E-state index contributed by atoms with van der Waals surface area (Å²) in [6, 6.07) is -0.414. The van der Waals surface area contributed by atoms with Crippen LogP contribution in [0.25, 0.3) is 0 Å². The predicted molar refractivity (Wildman–Crippen MR) is 70.9 cm³/mol. The van der Waals surface area contributed by atoms with E-state index in [0.717, 1.165) is 6.42 Å². The number of hydrogen-bond acceptors (Lipinski definition) is 3. The Labute approximate surface area is 114 Å². The van der Waals surface area contributed by atoms with Gasteiger partial charge in [-0.25, -0.2) is 4.79 Å². The highest BCUT2D eigenvalue weighted by atomic mass is 16.4. The van der Waals surface area contributed by atoms with Gasteiger partial charge in [0.2, 0.25) is 0 Å². The zero-order chi connectivity index (χ0) is 14.6. The van der Waals surface area contributed by atoms with E-state index in [9.17, 15) is 14.7 Å². The van der Waals surface area contributed by atoms with Crippen molar-refractivity contribution in [1.82, 2.24) is 9.80 Å². The van der Waals surface area contributed by atoms with Crippen molar-refractivity contribution in [2.24, 2.45) is 0 Å². The third-order valence-corrected chi connectivity index (χ3v) is 3.51. The van der Waals surface area contributed by atoms with Crippen molar-refractivity contribution in [1.29, 1.82) is 0 Å². The van der Waals surface area contributed by atoms with Crippen LogP contribution in [0.5, 0.6) is 0 Å². The maximum Gasteiger partial charge on any atom is 0.323 e. The van der Waals surface area contributed by atoms with Gasteiger partial charge in [-0.3, -0.25) is 4.79 Å². The molecule has 1 fully saturated rings. The van der Waals surface area contributed by atoms with Gasteiger partial charge in [0.05, 0.1) is 5.60 Å². The molecule has 0 bridgehead atoms. The lowest BCUT2D eigenvalue weighted by molar-refractivity contribution is -0.138. The van der Waals surface area contributed by atoms with E-state index in [1.165, 1.54) is 4.90 Å². The van der Waals surface area contributed by atoms with Gasteiger partial charge in [0, 0.05) is 19.1 Å². The highest BCUT2D eigenvalue weighted by Crippen LogP contribution is 2.22. The van der Waals surface area contributed by atoms with E-state index < -0.39 is 11.6 Å². The van der Waals surface area contributed by atoms with E-state index in [1.807, 2.05) is 0 Å². The molecule has 0 saturated carbocycles. The van der Waals surface area contributed by atoms with E-state index >= 15 is 0 Å². The van der Waals surface area contributed by atoms with Crippen LogP contribution in [0.1, 0.15) is 40.0 Å². The van der Waals surface area contributed by atoms with Gasteiger partial charge in [0.25, 0.3) is 0 Å². The first-order valence-electron chi connectivity index (χ1n) is 6.72. The van der Waals surface area contributed by atoms with Gasteiger partial charge in [-0.05, 0) is 40.0 Å². The minimum atomic E-state index is -1.01. The number of carboxylic acid groups (broad SMARTS) is 1. The molecule has 6 nitrogen and oxygen atoms in total. The van der Waals surface area contributed by atoms with E-state index in [1.54, 1.807) is 25.7 Å². The van der Waals surface area contributed by atoms with Crippen LogP contribution in [0, 0.1) is 0 Å². The zero-order valence-electron chi connectivity index (χ0n) is 11.9. The Kier molecular flexibility index (Phi) is 5.17. The second kappa shape index (κ2) is 6.23. The molecule has 1 aliphatic rings. The molecule has 0 aliphatic carbocycles. The van der Waals surface area contributed by atoms with Crippen LogP contribution in [0.15, 0.2) is 0 Å². The monoisotopic (exact) mass is 272 g/mol. The number of amides is 2. The van der Waals surface area contributed by atoms with Crippen molar-refractivity contribution in [3.63, 3.8) is 0 Å². The van der Waals surface area contributed by atoms with Crippen LogP contribution in [0.2, 0.25) is 0 Å². The standard InChI is InChI=1S/C13H24N2O4/c1-10(2)15(9-11(16)17)12(18)14-7-4-5-13(3,19)6-8-14/h10,19H,4-9H2,1-3H3,(H,16,17). The third kappa shape index (κ3) is 4.70. The van der Waals surface area contributed by atoms with E-state index in [-0.39, 0.29) is 18.6 Å². The summed E-state index contributed by atoms with van der Waals surface area (Å²) in [6.45, 7) is 6.12. The molecule has 0 aromatic heterocycles. The van der Waals surface area contributed by atoms with Crippen LogP contribution in [-0.2, 0) is 4.79 Å². The van der Waals surface area contributed by atoms with E-state index in [4.69, 9.17) is 5.11 Å². The molecule has 1 heterocycles. The fourth-order valence-corrected chi connectivity index (χ4v) is 2.25. The van der Waals surface area contributed by atoms with Crippen molar-refractivity contribution < 1.29 is 19.8 Å². The van der Waals surface area contributed by atoms with E-state index in [0.29, 0.717) is 25.9 Å². The number of rotatable bonds is 3. The Bertz CT molecular complexity index is 342. The molecule has 6 heteroatoms. The Morgan fingerprint density at radius 3 is 2.47 bits per heavy atom. The van der Waals surface area contributed by atoms with Gasteiger partial charge in [-0.1, -0.05) is 0 Å². The number of carbonyl (C=O) groups excluding carboxylic acids is 1. The molecule has 1 atom stereocenters. The molecule has 1 unspecified atom stereocenters. The maximum atomic E-state index is 12.3. The zero-order valence-corrected chi connectivity index (χ0v) is 11.9. The molecule has 1 aliphatic heterocycles. The summed E-state index contributed by atoms with van der Waals surface area (Å²) in [7, 11) is 0. The maximum absolute atomic E-state index is 12.3. The molecule has 0 spiro atoms. The summed E-state index contributed by atoms with van der Waals surface area (Å²) >= 11 is 0. The number of aliphatic carboxylic acids is 1. The molecular weight excluding hydrogens is 248 g/mol. The van der Waals surface area contributed by atoms with Crippen LogP contribution >= 0.6 is 0 Å². The number of aliphatic hydroxyl groups is 1. The summed E-state index contributed by atoms with van der Waals surface area (Å²) < 4.78 is 0. The van der Waals surface area contributed by atoms with Gasteiger partial charge >= 0.3 is 12.0 Å². The lowest BCUT2D eigenvalue weighted by Gasteiger charge is -2.31. The van der Waals surface area contributed by atoms with Crippen molar-refractivity contribution in [3.05, 3.63) is 0 Å². The van der Waals surface area contributed by atoms with Gasteiger partial charge in [0.15, 0.2) is 0 Å². The van der Waals surface area contributed by atoms with Crippen molar-refractivity contribution in [2.75, 3.05) is 19.6 Å². The number of urea groups is 1. The molecule has 19 heavy (non-hydrogen) atoms. The van der Waals surface area contributed by atoms with Crippen molar-refractivity contribution in [3.8, 4) is 0 Å². The smallest absolute Gasteiger partial charge is 0.323 e. The fourth-order valence-electron chi connectivity index (χ4n) is 2.25. The number of likely N-dealkylation sites (tertiary alicyclic amines) is 1. The second-order valence-electron chi connectivity index (χ2n) is 5.74. The summed E-state index contributed by atoms with van der Waals surface area (Å²) in [6.07, 6.45) is 1.92. The first-order valence-corrected chi connectivity index (χ1v) is 6.72. The second-order valence-corrected chi connectivity index (χ2v) is 5.74. The minimum absolute atomic E-state index is 0.160. The fraction of sp³-hybridized carbons (Fsp3) is 0.846. The van der Waals surface area contributed by atoms with Crippen LogP contribution < -0.4 is 0 Å². The van der Waals surface area contributed by atoms with Crippen molar-refractivity contribution >= 4 is 12.0 Å². The number of carbonyl (C=O) groups is 2. The highest BCUT2D eigenvalue weighted by molar-refractivity contribution is 5.80. The summed E-state index contributed by atoms with van der Waals surface area (Å²) in [5, 5.41) is 18.9. The minimum Gasteiger partial charge on any atom is -0.480 e. The van der Waals surface area contributed by atoms with Crippen LogP contribution in [0.4, 0.5) is 4.79 Å². The molecule has 0 aromatic carbocycles. The molecule has 0 radical (unpaired) electrons. The first kappa shape index (κ1) is 15.8. The number of nitrogens with zero attached hydrogens (tertiary/aromatic N) is 2.